The monoisotopic (exact) mass is 151 g/mol. The van der Waals surface area contributed by atoms with Crippen molar-refractivity contribution in [2.24, 2.45) is 0 Å². The van der Waals surface area contributed by atoms with Crippen LogP contribution in [0.15, 0.2) is 12.1 Å². The molecule has 0 amide bonds. The van der Waals surface area contributed by atoms with E-state index in [1.165, 1.54) is 12.1 Å². The van der Waals surface area contributed by atoms with E-state index in [0.717, 1.165) is 0 Å². The van der Waals surface area contributed by atoms with Crippen molar-refractivity contribution in [3.05, 3.63) is 17.7 Å². The molecule has 1 aromatic rings. The van der Waals surface area contributed by atoms with Gasteiger partial charge in [0.05, 0.1) is 11.4 Å². The summed E-state index contributed by atoms with van der Waals surface area (Å²) in [6.07, 6.45) is 0.627. The minimum atomic E-state index is 0.286. The maximum absolute atomic E-state index is 10.3. The van der Waals surface area contributed by atoms with Gasteiger partial charge in [-0.3, -0.25) is 4.79 Å². The molecule has 4 heteroatoms. The van der Waals surface area contributed by atoms with E-state index in [2.05, 4.69) is 0 Å². The molecule has 11 heavy (non-hydrogen) atoms. The fourth-order valence-corrected chi connectivity index (χ4v) is 0.820. The van der Waals surface area contributed by atoms with E-state index in [1.807, 2.05) is 0 Å². The molecule has 0 fully saturated rings. The lowest BCUT2D eigenvalue weighted by atomic mass is 10.1. The molecule has 1 aromatic carbocycles. The smallest absolute Gasteiger partial charge is 0.152 e. The van der Waals surface area contributed by atoms with E-state index in [0.29, 0.717) is 23.2 Å². The van der Waals surface area contributed by atoms with Gasteiger partial charge in [0.25, 0.3) is 0 Å². The van der Waals surface area contributed by atoms with Crippen LogP contribution in [-0.4, -0.2) is 6.29 Å². The van der Waals surface area contributed by atoms with Crippen molar-refractivity contribution < 1.29 is 4.79 Å². The molecule has 0 atom stereocenters. The third kappa shape index (κ3) is 1.24. The van der Waals surface area contributed by atoms with Crippen LogP contribution in [0.4, 0.5) is 17.1 Å². The second-order valence-electron chi connectivity index (χ2n) is 2.23. The highest BCUT2D eigenvalue weighted by molar-refractivity contribution is 5.90. The lowest BCUT2D eigenvalue weighted by molar-refractivity contribution is 0.112. The molecule has 0 saturated heterocycles. The summed E-state index contributed by atoms with van der Waals surface area (Å²) >= 11 is 0. The number of hydrogen-bond acceptors (Lipinski definition) is 4. The molecule has 0 aliphatic carbocycles. The summed E-state index contributed by atoms with van der Waals surface area (Å²) in [6.45, 7) is 0. The van der Waals surface area contributed by atoms with Crippen molar-refractivity contribution in [2.75, 3.05) is 17.2 Å². The van der Waals surface area contributed by atoms with Crippen LogP contribution in [-0.2, 0) is 0 Å². The Labute approximate surface area is 64.0 Å². The van der Waals surface area contributed by atoms with Crippen LogP contribution in [0.1, 0.15) is 10.4 Å². The second-order valence-corrected chi connectivity index (χ2v) is 2.23. The van der Waals surface area contributed by atoms with Crippen molar-refractivity contribution in [3.63, 3.8) is 0 Å². The molecule has 0 unspecified atom stereocenters. The zero-order valence-electron chi connectivity index (χ0n) is 5.87. The molecule has 0 aliphatic rings. The zero-order valence-corrected chi connectivity index (χ0v) is 5.87. The SMILES string of the molecule is Nc1cc(N)c(N)c(C=O)c1. The molecule has 0 heterocycles. The van der Waals surface area contributed by atoms with Gasteiger partial charge in [-0.1, -0.05) is 0 Å². The average Bonchev–Trinajstić information content (AvgIpc) is 1.96. The topological polar surface area (TPSA) is 95.1 Å². The van der Waals surface area contributed by atoms with Crippen LogP contribution in [0.3, 0.4) is 0 Å². The van der Waals surface area contributed by atoms with Crippen molar-refractivity contribution >= 4 is 23.3 Å². The Morgan fingerprint density at radius 3 is 2.36 bits per heavy atom. The van der Waals surface area contributed by atoms with E-state index < -0.39 is 0 Å². The van der Waals surface area contributed by atoms with Gasteiger partial charge in [0.1, 0.15) is 0 Å². The van der Waals surface area contributed by atoms with Gasteiger partial charge in [-0.15, -0.1) is 0 Å². The summed E-state index contributed by atoms with van der Waals surface area (Å²) in [4.78, 5) is 10.3. The number of benzene rings is 1. The second kappa shape index (κ2) is 2.49. The fourth-order valence-electron chi connectivity index (χ4n) is 0.820. The van der Waals surface area contributed by atoms with Gasteiger partial charge < -0.3 is 17.2 Å². The van der Waals surface area contributed by atoms with Crippen LogP contribution in [0.2, 0.25) is 0 Å². The minimum Gasteiger partial charge on any atom is -0.399 e. The van der Waals surface area contributed by atoms with Crippen LogP contribution in [0.25, 0.3) is 0 Å². The fraction of sp³-hybridized carbons (Fsp3) is 0. The molecule has 0 radical (unpaired) electrons. The molecule has 58 valence electrons. The standard InChI is InChI=1S/C7H9N3O/c8-5-1-4(3-11)7(10)6(9)2-5/h1-3H,8-10H2. The number of rotatable bonds is 1. The molecule has 0 aliphatic heterocycles. The zero-order chi connectivity index (χ0) is 8.43. The number of nitrogens with two attached hydrogens (primary N) is 3. The van der Waals surface area contributed by atoms with Gasteiger partial charge in [0.15, 0.2) is 6.29 Å². The predicted molar refractivity (Wildman–Crippen MR) is 45.1 cm³/mol. The van der Waals surface area contributed by atoms with Crippen LogP contribution >= 0.6 is 0 Å². The molecular formula is C7H9N3O. The van der Waals surface area contributed by atoms with Crippen molar-refractivity contribution in [2.45, 2.75) is 0 Å². The number of hydrogen-bond donors (Lipinski definition) is 3. The lowest BCUT2D eigenvalue weighted by Gasteiger charge is -2.03. The van der Waals surface area contributed by atoms with E-state index in [9.17, 15) is 4.79 Å². The Hall–Kier alpha value is -1.71. The largest absolute Gasteiger partial charge is 0.399 e. The van der Waals surface area contributed by atoms with E-state index in [1.54, 1.807) is 0 Å². The molecule has 0 bridgehead atoms. The van der Waals surface area contributed by atoms with Gasteiger partial charge in [0, 0.05) is 11.3 Å². The van der Waals surface area contributed by atoms with E-state index in [4.69, 9.17) is 17.2 Å². The normalized spacial score (nSPS) is 9.45. The van der Waals surface area contributed by atoms with Crippen molar-refractivity contribution in [3.8, 4) is 0 Å². The molecule has 0 spiro atoms. The number of anilines is 3. The Kier molecular flexibility index (Phi) is 1.68. The third-order valence-electron chi connectivity index (χ3n) is 1.39. The Morgan fingerprint density at radius 2 is 1.82 bits per heavy atom. The van der Waals surface area contributed by atoms with Gasteiger partial charge in [-0.25, -0.2) is 0 Å². The summed E-state index contributed by atoms with van der Waals surface area (Å²) < 4.78 is 0. The molecular weight excluding hydrogens is 142 g/mol. The highest BCUT2D eigenvalue weighted by Crippen LogP contribution is 2.21. The van der Waals surface area contributed by atoms with Crippen molar-refractivity contribution in [1.82, 2.24) is 0 Å². The third-order valence-corrected chi connectivity index (χ3v) is 1.39. The highest BCUT2D eigenvalue weighted by atomic mass is 16.1. The summed E-state index contributed by atoms with van der Waals surface area (Å²) in [5.41, 5.74) is 17.7. The quantitative estimate of drug-likeness (QED) is 0.396. The predicted octanol–water partition coefficient (Wildman–Crippen LogP) is 0.246. The molecule has 0 aromatic heterocycles. The Balaban J connectivity index is 3.35. The number of nitrogen functional groups attached to an aromatic ring is 3. The first kappa shape index (κ1) is 7.40. The maximum atomic E-state index is 10.3. The minimum absolute atomic E-state index is 0.286. The Morgan fingerprint density at radius 1 is 1.18 bits per heavy atom. The molecule has 4 nitrogen and oxygen atoms in total. The molecule has 1 rings (SSSR count). The van der Waals surface area contributed by atoms with Gasteiger partial charge in [-0.2, -0.15) is 0 Å². The summed E-state index contributed by atoms with van der Waals surface area (Å²) in [5.74, 6) is 0. The average molecular weight is 151 g/mol. The first-order chi connectivity index (χ1) is 5.15. The van der Waals surface area contributed by atoms with Crippen LogP contribution in [0.5, 0.6) is 0 Å². The number of carbonyl (C=O) groups excluding carboxylic acids is 1. The molecule has 0 saturated carbocycles. The van der Waals surface area contributed by atoms with E-state index in [-0.39, 0.29) is 5.69 Å². The van der Waals surface area contributed by atoms with Crippen LogP contribution in [0, 0.1) is 0 Å². The first-order valence-corrected chi connectivity index (χ1v) is 3.05. The Bertz CT molecular complexity index is 296. The van der Waals surface area contributed by atoms with Crippen molar-refractivity contribution in [1.29, 1.82) is 0 Å². The molecule has 6 N–H and O–H groups in total. The maximum Gasteiger partial charge on any atom is 0.152 e. The highest BCUT2D eigenvalue weighted by Gasteiger charge is 2.02. The lowest BCUT2D eigenvalue weighted by Crippen LogP contribution is -2.00. The summed E-state index contributed by atoms with van der Waals surface area (Å²) in [5, 5.41) is 0. The van der Waals surface area contributed by atoms with E-state index >= 15 is 0 Å². The number of aldehydes is 1. The van der Waals surface area contributed by atoms with Gasteiger partial charge in [0.2, 0.25) is 0 Å². The van der Waals surface area contributed by atoms with Crippen LogP contribution < -0.4 is 17.2 Å². The van der Waals surface area contributed by atoms with Gasteiger partial charge in [-0.05, 0) is 12.1 Å². The number of carbonyl (C=O) groups is 1. The summed E-state index contributed by atoms with van der Waals surface area (Å²) in [6, 6.07) is 3.00. The summed E-state index contributed by atoms with van der Waals surface area (Å²) in [7, 11) is 0. The van der Waals surface area contributed by atoms with Gasteiger partial charge >= 0.3 is 0 Å². The first-order valence-electron chi connectivity index (χ1n) is 3.05.